The lowest BCUT2D eigenvalue weighted by atomic mass is 10.2. The molecule has 0 aliphatic carbocycles. The van der Waals surface area contributed by atoms with Gasteiger partial charge in [0.25, 0.3) is 5.69 Å². The predicted octanol–water partition coefficient (Wildman–Crippen LogP) is 0.817. The molecule has 1 aromatic carbocycles. The topological polar surface area (TPSA) is 122 Å². The molecule has 0 unspecified atom stereocenters. The van der Waals surface area contributed by atoms with Crippen molar-refractivity contribution >= 4 is 23.0 Å². The minimum Gasteiger partial charge on any atom is -0.376 e. The molecule has 0 heterocycles. The molecular weight excluding hydrogens is 250 g/mol. The van der Waals surface area contributed by atoms with Gasteiger partial charge in [0, 0.05) is 23.9 Å². The molecule has 0 fully saturated rings. The molecule has 0 saturated carbocycles. The highest BCUT2D eigenvalue weighted by molar-refractivity contribution is 5.81. The molecule has 0 spiro atoms. The standard InChI is InChI=1S/C11H17N5O3/c1-7(2)14-11(17)6-13-8-3-9(15-12)5-10(4-8)16(18)19/h3-5,7,13,15H,6,12H2,1-2H3,(H,14,17). The Morgan fingerprint density at radius 1 is 1.37 bits per heavy atom. The first-order valence-corrected chi connectivity index (χ1v) is 5.71. The van der Waals surface area contributed by atoms with E-state index in [1.54, 1.807) is 6.07 Å². The van der Waals surface area contributed by atoms with Crippen LogP contribution in [0, 0.1) is 10.1 Å². The molecule has 0 radical (unpaired) electrons. The van der Waals surface area contributed by atoms with E-state index in [-0.39, 0.29) is 24.2 Å². The van der Waals surface area contributed by atoms with Crippen molar-refractivity contribution in [2.75, 3.05) is 17.3 Å². The van der Waals surface area contributed by atoms with Gasteiger partial charge in [-0.3, -0.25) is 20.8 Å². The van der Waals surface area contributed by atoms with E-state index in [1.807, 2.05) is 13.8 Å². The van der Waals surface area contributed by atoms with Crippen molar-refractivity contribution in [2.45, 2.75) is 19.9 Å². The fourth-order valence-corrected chi connectivity index (χ4v) is 1.46. The Kier molecular flexibility index (Phi) is 5.07. The minimum atomic E-state index is -0.528. The number of nitrogens with one attached hydrogen (secondary N) is 3. The number of non-ortho nitro benzene ring substituents is 1. The third kappa shape index (κ3) is 4.80. The maximum atomic E-state index is 11.5. The first-order chi connectivity index (χ1) is 8.92. The molecular formula is C11H17N5O3. The molecule has 8 heteroatoms. The van der Waals surface area contributed by atoms with Crippen molar-refractivity contribution < 1.29 is 9.72 Å². The summed E-state index contributed by atoms with van der Waals surface area (Å²) in [5.41, 5.74) is 3.06. The minimum absolute atomic E-state index is 0.0311. The number of carbonyl (C=O) groups is 1. The summed E-state index contributed by atoms with van der Waals surface area (Å²) >= 11 is 0. The first kappa shape index (κ1) is 14.7. The number of hydrogen-bond acceptors (Lipinski definition) is 6. The Bertz CT molecular complexity index is 475. The van der Waals surface area contributed by atoms with E-state index in [9.17, 15) is 14.9 Å². The summed E-state index contributed by atoms with van der Waals surface area (Å²) in [5, 5.41) is 16.2. The molecule has 0 bridgehead atoms. The summed E-state index contributed by atoms with van der Waals surface area (Å²) in [7, 11) is 0. The van der Waals surface area contributed by atoms with E-state index >= 15 is 0 Å². The number of nitrogens with two attached hydrogens (primary N) is 1. The Balaban J connectivity index is 2.75. The lowest BCUT2D eigenvalue weighted by Crippen LogP contribution is -2.34. The molecule has 0 atom stereocenters. The third-order valence-corrected chi connectivity index (χ3v) is 2.20. The number of nitrogen functional groups attached to an aromatic ring is 1. The molecule has 0 saturated heterocycles. The Labute approximate surface area is 110 Å². The summed E-state index contributed by atoms with van der Waals surface area (Å²) < 4.78 is 0. The van der Waals surface area contributed by atoms with Gasteiger partial charge in [0.2, 0.25) is 5.91 Å². The van der Waals surface area contributed by atoms with Crippen molar-refractivity contribution in [1.29, 1.82) is 0 Å². The molecule has 0 aliphatic rings. The van der Waals surface area contributed by atoms with Crippen LogP contribution in [0.25, 0.3) is 0 Å². The second-order valence-corrected chi connectivity index (χ2v) is 4.25. The summed E-state index contributed by atoms with van der Waals surface area (Å²) in [6.07, 6.45) is 0. The van der Waals surface area contributed by atoms with Crippen molar-refractivity contribution in [1.82, 2.24) is 5.32 Å². The molecule has 1 aromatic rings. The Hall–Kier alpha value is -2.35. The highest BCUT2D eigenvalue weighted by Crippen LogP contribution is 2.23. The van der Waals surface area contributed by atoms with Crippen LogP contribution in [-0.4, -0.2) is 23.4 Å². The molecule has 19 heavy (non-hydrogen) atoms. The molecule has 8 nitrogen and oxygen atoms in total. The maximum Gasteiger partial charge on any atom is 0.273 e. The quantitative estimate of drug-likeness (QED) is 0.344. The average molecular weight is 267 g/mol. The number of anilines is 2. The number of nitro groups is 1. The van der Waals surface area contributed by atoms with E-state index in [4.69, 9.17) is 5.84 Å². The fourth-order valence-electron chi connectivity index (χ4n) is 1.46. The van der Waals surface area contributed by atoms with Gasteiger partial charge in [-0.2, -0.15) is 0 Å². The van der Waals surface area contributed by atoms with Gasteiger partial charge < -0.3 is 16.1 Å². The Morgan fingerprint density at radius 3 is 2.53 bits per heavy atom. The van der Waals surface area contributed by atoms with Crippen LogP contribution in [0.15, 0.2) is 18.2 Å². The number of nitrogens with zero attached hydrogens (tertiary/aromatic N) is 1. The second-order valence-electron chi connectivity index (χ2n) is 4.25. The van der Waals surface area contributed by atoms with Crippen LogP contribution in [-0.2, 0) is 4.79 Å². The van der Waals surface area contributed by atoms with Gasteiger partial charge in [-0.05, 0) is 19.9 Å². The zero-order valence-corrected chi connectivity index (χ0v) is 10.8. The number of nitro benzene ring substituents is 1. The van der Waals surface area contributed by atoms with Gasteiger partial charge in [-0.25, -0.2) is 0 Å². The second kappa shape index (κ2) is 6.55. The summed E-state index contributed by atoms with van der Waals surface area (Å²) in [6.45, 7) is 3.73. The smallest absolute Gasteiger partial charge is 0.273 e. The fraction of sp³-hybridized carbons (Fsp3) is 0.364. The molecule has 0 aliphatic heterocycles. The number of rotatable bonds is 6. The van der Waals surface area contributed by atoms with Crippen molar-refractivity contribution in [2.24, 2.45) is 5.84 Å². The van der Waals surface area contributed by atoms with Gasteiger partial charge in [0.1, 0.15) is 0 Å². The number of amides is 1. The van der Waals surface area contributed by atoms with Gasteiger partial charge >= 0.3 is 0 Å². The van der Waals surface area contributed by atoms with Crippen LogP contribution in [0.4, 0.5) is 17.1 Å². The zero-order valence-electron chi connectivity index (χ0n) is 10.8. The highest BCUT2D eigenvalue weighted by atomic mass is 16.6. The third-order valence-electron chi connectivity index (χ3n) is 2.20. The van der Waals surface area contributed by atoms with E-state index in [0.29, 0.717) is 11.4 Å². The molecule has 1 amide bonds. The zero-order chi connectivity index (χ0) is 14.4. The number of hydrogen-bond donors (Lipinski definition) is 4. The maximum absolute atomic E-state index is 11.5. The monoisotopic (exact) mass is 267 g/mol. The lowest BCUT2D eigenvalue weighted by molar-refractivity contribution is -0.384. The molecule has 5 N–H and O–H groups in total. The van der Waals surface area contributed by atoms with Gasteiger partial charge in [0.05, 0.1) is 17.2 Å². The number of carbonyl (C=O) groups excluding carboxylic acids is 1. The summed E-state index contributed by atoms with van der Waals surface area (Å²) in [6, 6.07) is 4.26. The van der Waals surface area contributed by atoms with Crippen molar-refractivity contribution in [3.8, 4) is 0 Å². The first-order valence-electron chi connectivity index (χ1n) is 5.71. The molecule has 104 valence electrons. The average Bonchev–Trinajstić information content (AvgIpc) is 2.35. The van der Waals surface area contributed by atoms with E-state index in [2.05, 4.69) is 16.1 Å². The van der Waals surface area contributed by atoms with Gasteiger partial charge in [-0.15, -0.1) is 0 Å². The molecule has 1 rings (SSSR count). The van der Waals surface area contributed by atoms with Gasteiger partial charge in [0.15, 0.2) is 0 Å². The van der Waals surface area contributed by atoms with Crippen LogP contribution in [0.2, 0.25) is 0 Å². The van der Waals surface area contributed by atoms with Crippen molar-refractivity contribution in [3.63, 3.8) is 0 Å². The SMILES string of the molecule is CC(C)NC(=O)CNc1cc(NN)cc([N+](=O)[O-])c1. The normalized spacial score (nSPS) is 10.1. The summed E-state index contributed by atoms with van der Waals surface area (Å²) in [4.78, 5) is 21.7. The van der Waals surface area contributed by atoms with Crippen LogP contribution in [0.5, 0.6) is 0 Å². The van der Waals surface area contributed by atoms with Crippen LogP contribution >= 0.6 is 0 Å². The highest BCUT2D eigenvalue weighted by Gasteiger charge is 2.10. The van der Waals surface area contributed by atoms with E-state index in [1.165, 1.54) is 12.1 Å². The molecule has 0 aromatic heterocycles. The van der Waals surface area contributed by atoms with Crippen molar-refractivity contribution in [3.05, 3.63) is 28.3 Å². The lowest BCUT2D eigenvalue weighted by Gasteiger charge is -2.11. The van der Waals surface area contributed by atoms with Crippen LogP contribution in [0.1, 0.15) is 13.8 Å². The van der Waals surface area contributed by atoms with Gasteiger partial charge in [-0.1, -0.05) is 0 Å². The predicted molar refractivity (Wildman–Crippen MR) is 72.7 cm³/mol. The van der Waals surface area contributed by atoms with E-state index < -0.39 is 4.92 Å². The largest absolute Gasteiger partial charge is 0.376 e. The van der Waals surface area contributed by atoms with E-state index in [0.717, 1.165) is 0 Å². The summed E-state index contributed by atoms with van der Waals surface area (Å²) in [5.74, 6) is 5.04. The number of hydrazine groups is 1. The Morgan fingerprint density at radius 2 is 2.00 bits per heavy atom. The van der Waals surface area contributed by atoms with Crippen LogP contribution in [0.3, 0.4) is 0 Å². The van der Waals surface area contributed by atoms with Crippen LogP contribution < -0.4 is 21.9 Å². The number of benzene rings is 1.